The summed E-state index contributed by atoms with van der Waals surface area (Å²) in [6.07, 6.45) is 7.79. The first-order valence-corrected chi connectivity index (χ1v) is 7.04. The van der Waals surface area contributed by atoms with Crippen LogP contribution in [0.25, 0.3) is 0 Å². The van der Waals surface area contributed by atoms with Crippen molar-refractivity contribution in [2.24, 2.45) is 0 Å². The summed E-state index contributed by atoms with van der Waals surface area (Å²) in [6.45, 7) is 2.52. The van der Waals surface area contributed by atoms with E-state index in [9.17, 15) is 0 Å². The van der Waals surface area contributed by atoms with E-state index in [1.165, 1.54) is 38.8 Å². The Bertz CT molecular complexity index is 186. The highest BCUT2D eigenvalue weighted by Gasteiger charge is 2.27. The van der Waals surface area contributed by atoms with Gasteiger partial charge in [-0.3, -0.25) is 0 Å². The standard InChI is InChI=1S/C11H22N2S/c1-13-6-5-10(8-13)12-9-3-4-11(7-9)14-2/h9-12H,3-8H2,1-2H3. The molecule has 2 fully saturated rings. The van der Waals surface area contributed by atoms with Crippen molar-refractivity contribution in [3.8, 4) is 0 Å². The zero-order chi connectivity index (χ0) is 9.97. The number of hydrogen-bond donors (Lipinski definition) is 1. The molecule has 0 amide bonds. The number of thioether (sulfide) groups is 1. The van der Waals surface area contributed by atoms with Crippen LogP contribution < -0.4 is 5.32 Å². The molecule has 0 spiro atoms. The van der Waals surface area contributed by atoms with E-state index in [-0.39, 0.29) is 0 Å². The molecular weight excluding hydrogens is 192 g/mol. The van der Waals surface area contributed by atoms with Crippen LogP contribution in [0.3, 0.4) is 0 Å². The second-order valence-electron chi connectivity index (χ2n) is 4.78. The Hall–Kier alpha value is 0.270. The average Bonchev–Trinajstić information content (AvgIpc) is 2.76. The van der Waals surface area contributed by atoms with Gasteiger partial charge in [0, 0.05) is 23.9 Å². The lowest BCUT2D eigenvalue weighted by atomic mass is 10.2. The molecule has 0 aromatic carbocycles. The van der Waals surface area contributed by atoms with Gasteiger partial charge >= 0.3 is 0 Å². The second-order valence-corrected chi connectivity index (χ2v) is 5.92. The van der Waals surface area contributed by atoms with E-state index in [0.717, 1.165) is 17.3 Å². The average molecular weight is 214 g/mol. The van der Waals surface area contributed by atoms with Crippen molar-refractivity contribution < 1.29 is 0 Å². The van der Waals surface area contributed by atoms with Gasteiger partial charge in [-0.05, 0) is 45.5 Å². The van der Waals surface area contributed by atoms with E-state index in [4.69, 9.17) is 0 Å². The van der Waals surface area contributed by atoms with E-state index in [1.807, 2.05) is 11.8 Å². The lowest BCUT2D eigenvalue weighted by molar-refractivity contribution is 0.381. The van der Waals surface area contributed by atoms with Gasteiger partial charge in [-0.2, -0.15) is 11.8 Å². The minimum absolute atomic E-state index is 0.769. The maximum absolute atomic E-state index is 3.82. The van der Waals surface area contributed by atoms with Gasteiger partial charge in [0.05, 0.1) is 0 Å². The summed E-state index contributed by atoms with van der Waals surface area (Å²) in [7, 11) is 2.22. The van der Waals surface area contributed by atoms with Gasteiger partial charge < -0.3 is 10.2 Å². The minimum Gasteiger partial charge on any atom is -0.310 e. The smallest absolute Gasteiger partial charge is 0.0209 e. The second kappa shape index (κ2) is 4.86. The van der Waals surface area contributed by atoms with Crippen molar-refractivity contribution in [1.29, 1.82) is 0 Å². The SMILES string of the molecule is CSC1CCC(NC2CCN(C)C2)C1. The van der Waals surface area contributed by atoms with Crippen molar-refractivity contribution in [3.05, 3.63) is 0 Å². The summed E-state index contributed by atoms with van der Waals surface area (Å²) in [5.41, 5.74) is 0. The van der Waals surface area contributed by atoms with Crippen molar-refractivity contribution in [2.45, 2.75) is 43.0 Å². The van der Waals surface area contributed by atoms with Crippen LogP contribution in [0, 0.1) is 0 Å². The number of rotatable bonds is 3. The molecule has 2 rings (SSSR count). The third kappa shape index (κ3) is 2.65. The van der Waals surface area contributed by atoms with Gasteiger partial charge in [-0.1, -0.05) is 0 Å². The Kier molecular flexibility index (Phi) is 3.74. The van der Waals surface area contributed by atoms with E-state index in [1.54, 1.807) is 0 Å². The molecular formula is C11H22N2S. The monoisotopic (exact) mass is 214 g/mol. The molecule has 0 bridgehead atoms. The molecule has 0 aromatic heterocycles. The Morgan fingerprint density at radius 1 is 1.21 bits per heavy atom. The molecule has 1 N–H and O–H groups in total. The molecule has 1 aliphatic carbocycles. The quantitative estimate of drug-likeness (QED) is 0.767. The van der Waals surface area contributed by atoms with Gasteiger partial charge in [-0.15, -0.1) is 0 Å². The normalized spacial score (nSPS) is 39.4. The van der Waals surface area contributed by atoms with Gasteiger partial charge in [0.15, 0.2) is 0 Å². The molecule has 3 heteroatoms. The summed E-state index contributed by atoms with van der Waals surface area (Å²) in [5, 5.41) is 4.74. The maximum atomic E-state index is 3.82. The van der Waals surface area contributed by atoms with Gasteiger partial charge in [0.1, 0.15) is 0 Å². The topological polar surface area (TPSA) is 15.3 Å². The van der Waals surface area contributed by atoms with Gasteiger partial charge in [0.25, 0.3) is 0 Å². The van der Waals surface area contributed by atoms with Crippen LogP contribution in [0.1, 0.15) is 25.7 Å². The van der Waals surface area contributed by atoms with Gasteiger partial charge in [0.2, 0.25) is 0 Å². The maximum Gasteiger partial charge on any atom is 0.0209 e. The number of likely N-dealkylation sites (tertiary alicyclic amines) is 1. The number of likely N-dealkylation sites (N-methyl/N-ethyl adjacent to an activating group) is 1. The van der Waals surface area contributed by atoms with Crippen LogP contribution in [0.15, 0.2) is 0 Å². The predicted octanol–water partition coefficient (Wildman–Crippen LogP) is 1.56. The Balaban J connectivity index is 1.71. The first-order chi connectivity index (χ1) is 6.78. The van der Waals surface area contributed by atoms with E-state index >= 15 is 0 Å². The molecule has 82 valence electrons. The minimum atomic E-state index is 0.769. The lowest BCUT2D eigenvalue weighted by Gasteiger charge is -2.18. The van der Waals surface area contributed by atoms with Crippen molar-refractivity contribution in [2.75, 3.05) is 26.4 Å². The van der Waals surface area contributed by atoms with Crippen LogP contribution in [0.5, 0.6) is 0 Å². The van der Waals surface area contributed by atoms with Crippen LogP contribution in [-0.2, 0) is 0 Å². The van der Waals surface area contributed by atoms with E-state index < -0.39 is 0 Å². The molecule has 1 saturated carbocycles. The summed E-state index contributed by atoms with van der Waals surface area (Å²) in [4.78, 5) is 2.43. The fraction of sp³-hybridized carbons (Fsp3) is 1.00. The van der Waals surface area contributed by atoms with E-state index in [0.29, 0.717) is 0 Å². The largest absolute Gasteiger partial charge is 0.310 e. The third-order valence-corrected chi connectivity index (χ3v) is 4.68. The first-order valence-electron chi connectivity index (χ1n) is 5.75. The van der Waals surface area contributed by atoms with Gasteiger partial charge in [-0.25, -0.2) is 0 Å². The summed E-state index contributed by atoms with van der Waals surface area (Å²) >= 11 is 2.04. The summed E-state index contributed by atoms with van der Waals surface area (Å²) in [6, 6.07) is 1.58. The van der Waals surface area contributed by atoms with Crippen LogP contribution >= 0.6 is 11.8 Å². The highest BCUT2D eigenvalue weighted by molar-refractivity contribution is 7.99. The summed E-state index contributed by atoms with van der Waals surface area (Å²) < 4.78 is 0. The van der Waals surface area contributed by atoms with Crippen LogP contribution in [-0.4, -0.2) is 48.6 Å². The number of hydrogen-bond acceptors (Lipinski definition) is 3. The van der Waals surface area contributed by atoms with Crippen LogP contribution in [0.2, 0.25) is 0 Å². The highest BCUT2D eigenvalue weighted by Crippen LogP contribution is 2.28. The highest BCUT2D eigenvalue weighted by atomic mass is 32.2. The zero-order valence-corrected chi connectivity index (χ0v) is 10.1. The molecule has 1 heterocycles. The van der Waals surface area contributed by atoms with Crippen molar-refractivity contribution in [1.82, 2.24) is 10.2 Å². The molecule has 0 radical (unpaired) electrons. The fourth-order valence-corrected chi connectivity index (χ4v) is 3.51. The molecule has 2 aliphatic rings. The van der Waals surface area contributed by atoms with E-state index in [2.05, 4.69) is 23.5 Å². The Morgan fingerprint density at radius 2 is 2.07 bits per heavy atom. The first kappa shape index (κ1) is 10.8. The van der Waals surface area contributed by atoms with Crippen molar-refractivity contribution >= 4 is 11.8 Å². The molecule has 3 atom stereocenters. The number of nitrogens with one attached hydrogen (secondary N) is 1. The number of nitrogens with zero attached hydrogens (tertiary/aromatic N) is 1. The zero-order valence-electron chi connectivity index (χ0n) is 9.33. The molecule has 0 aromatic rings. The molecule has 3 unspecified atom stereocenters. The molecule has 2 nitrogen and oxygen atoms in total. The lowest BCUT2D eigenvalue weighted by Crippen LogP contribution is -2.38. The molecule has 1 aliphatic heterocycles. The Morgan fingerprint density at radius 3 is 2.64 bits per heavy atom. The van der Waals surface area contributed by atoms with Crippen LogP contribution in [0.4, 0.5) is 0 Å². The summed E-state index contributed by atoms with van der Waals surface area (Å²) in [5.74, 6) is 0. The molecule has 1 saturated heterocycles. The third-order valence-electron chi connectivity index (χ3n) is 3.58. The van der Waals surface area contributed by atoms with Crippen molar-refractivity contribution in [3.63, 3.8) is 0 Å². The fourth-order valence-electron chi connectivity index (χ4n) is 2.71. The Labute approximate surface area is 91.8 Å². The molecule has 14 heavy (non-hydrogen) atoms. The predicted molar refractivity (Wildman–Crippen MR) is 64.0 cm³/mol.